The highest BCUT2D eigenvalue weighted by molar-refractivity contribution is 6.31. The molecule has 0 unspecified atom stereocenters. The zero-order chi connectivity index (χ0) is 16.8. The van der Waals surface area contributed by atoms with Crippen molar-refractivity contribution in [3.05, 3.63) is 58.6 Å². The van der Waals surface area contributed by atoms with Gasteiger partial charge < -0.3 is 15.4 Å². The second-order valence-electron chi connectivity index (χ2n) is 4.90. The predicted octanol–water partition coefficient (Wildman–Crippen LogP) is 3.24. The van der Waals surface area contributed by atoms with Crippen molar-refractivity contribution in [3.8, 4) is 5.75 Å². The van der Waals surface area contributed by atoms with Gasteiger partial charge in [0.25, 0.3) is 5.91 Å². The lowest BCUT2D eigenvalue weighted by Gasteiger charge is -2.09. The fourth-order valence-electron chi connectivity index (χ4n) is 1.98. The van der Waals surface area contributed by atoms with Crippen molar-refractivity contribution in [2.75, 3.05) is 12.4 Å². The molecule has 2 aromatic carbocycles. The molecule has 0 aliphatic rings. The first kappa shape index (κ1) is 16.8. The number of nitrogens with one attached hydrogen (secondary N) is 2. The van der Waals surface area contributed by atoms with Crippen molar-refractivity contribution in [1.29, 1.82) is 0 Å². The molecule has 2 N–H and O–H groups in total. The van der Waals surface area contributed by atoms with Crippen LogP contribution in [0.4, 0.5) is 5.69 Å². The van der Waals surface area contributed by atoms with Crippen LogP contribution >= 0.6 is 11.6 Å². The summed E-state index contributed by atoms with van der Waals surface area (Å²) in [5, 5.41) is 5.98. The van der Waals surface area contributed by atoms with E-state index < -0.39 is 0 Å². The van der Waals surface area contributed by atoms with Crippen molar-refractivity contribution < 1.29 is 14.3 Å². The van der Waals surface area contributed by atoms with Crippen LogP contribution in [0.15, 0.2) is 42.5 Å². The monoisotopic (exact) mass is 332 g/mol. The molecule has 2 rings (SSSR count). The molecular weight excluding hydrogens is 316 g/mol. The number of rotatable bonds is 5. The van der Waals surface area contributed by atoms with Gasteiger partial charge >= 0.3 is 0 Å². The van der Waals surface area contributed by atoms with Crippen LogP contribution < -0.4 is 15.4 Å². The molecule has 0 aromatic heterocycles. The molecule has 0 atom stereocenters. The molecule has 120 valence electrons. The van der Waals surface area contributed by atoms with Gasteiger partial charge in [0.15, 0.2) is 0 Å². The minimum Gasteiger partial charge on any atom is -0.497 e. The van der Waals surface area contributed by atoms with Gasteiger partial charge in [-0.15, -0.1) is 0 Å². The van der Waals surface area contributed by atoms with E-state index in [9.17, 15) is 9.59 Å². The van der Waals surface area contributed by atoms with Gasteiger partial charge in [-0.25, -0.2) is 0 Å². The Labute approximate surface area is 139 Å². The Morgan fingerprint density at radius 2 is 1.83 bits per heavy atom. The zero-order valence-corrected chi connectivity index (χ0v) is 13.6. The van der Waals surface area contributed by atoms with E-state index in [0.29, 0.717) is 28.6 Å². The number of carbonyl (C=O) groups excluding carboxylic acids is 2. The van der Waals surface area contributed by atoms with Crippen LogP contribution in [0.25, 0.3) is 0 Å². The van der Waals surface area contributed by atoms with Gasteiger partial charge in [0.05, 0.1) is 7.11 Å². The minimum atomic E-state index is -0.216. The summed E-state index contributed by atoms with van der Waals surface area (Å²) in [5.41, 5.74) is 1.95. The smallest absolute Gasteiger partial charge is 0.251 e. The number of methoxy groups -OCH3 is 1. The van der Waals surface area contributed by atoms with Gasteiger partial charge in [-0.3, -0.25) is 9.59 Å². The molecule has 0 aliphatic heterocycles. The Bertz CT molecular complexity index is 714. The Morgan fingerprint density at radius 1 is 1.13 bits per heavy atom. The molecule has 0 aliphatic carbocycles. The van der Waals surface area contributed by atoms with E-state index in [4.69, 9.17) is 16.3 Å². The van der Waals surface area contributed by atoms with E-state index in [2.05, 4.69) is 10.6 Å². The number of hydrogen-bond acceptors (Lipinski definition) is 3. The molecular formula is C17H17ClN2O3. The van der Waals surface area contributed by atoms with Crippen molar-refractivity contribution in [1.82, 2.24) is 5.32 Å². The number of anilines is 1. The normalized spacial score (nSPS) is 10.0. The highest BCUT2D eigenvalue weighted by Crippen LogP contribution is 2.22. The number of hydrogen-bond donors (Lipinski definition) is 2. The number of ether oxygens (including phenoxy) is 1. The van der Waals surface area contributed by atoms with Gasteiger partial charge in [-0.1, -0.05) is 17.7 Å². The second kappa shape index (κ2) is 7.65. The standard InChI is InChI=1S/C17H17ClN2O3/c1-11(21)20-14-6-3-12(4-7-14)17(22)19-10-13-5-8-15(23-2)9-16(13)18/h3-9H,10H2,1-2H3,(H,19,22)(H,20,21). The molecule has 2 amide bonds. The SMILES string of the molecule is COc1ccc(CNC(=O)c2ccc(NC(C)=O)cc2)c(Cl)c1. The minimum absolute atomic E-state index is 0.156. The summed E-state index contributed by atoms with van der Waals surface area (Å²) in [6.45, 7) is 1.74. The third-order valence-electron chi connectivity index (χ3n) is 3.17. The second-order valence-corrected chi connectivity index (χ2v) is 5.31. The maximum Gasteiger partial charge on any atom is 0.251 e. The lowest BCUT2D eigenvalue weighted by Crippen LogP contribution is -2.22. The number of halogens is 1. The maximum absolute atomic E-state index is 12.1. The number of carbonyl (C=O) groups is 2. The first-order valence-electron chi connectivity index (χ1n) is 6.98. The van der Waals surface area contributed by atoms with E-state index >= 15 is 0 Å². The molecule has 0 bridgehead atoms. The summed E-state index contributed by atoms with van der Waals surface area (Å²) in [6.07, 6.45) is 0. The Hall–Kier alpha value is -2.53. The average Bonchev–Trinajstić information content (AvgIpc) is 2.53. The molecule has 0 saturated heterocycles. The molecule has 0 radical (unpaired) electrons. The molecule has 0 saturated carbocycles. The first-order valence-corrected chi connectivity index (χ1v) is 7.35. The average molecular weight is 333 g/mol. The van der Waals surface area contributed by atoms with Crippen LogP contribution in [0.2, 0.25) is 5.02 Å². The van der Waals surface area contributed by atoms with Gasteiger partial charge in [-0.2, -0.15) is 0 Å². The van der Waals surface area contributed by atoms with Crippen molar-refractivity contribution >= 4 is 29.1 Å². The first-order chi connectivity index (χ1) is 11.0. The summed E-state index contributed by atoms with van der Waals surface area (Å²) in [6, 6.07) is 11.9. The summed E-state index contributed by atoms with van der Waals surface area (Å²) in [7, 11) is 1.57. The zero-order valence-electron chi connectivity index (χ0n) is 12.9. The summed E-state index contributed by atoms with van der Waals surface area (Å²) < 4.78 is 5.08. The van der Waals surface area contributed by atoms with Crippen LogP contribution in [-0.2, 0) is 11.3 Å². The summed E-state index contributed by atoms with van der Waals surface area (Å²) >= 11 is 6.14. The van der Waals surface area contributed by atoms with E-state index in [1.807, 2.05) is 0 Å². The van der Waals surface area contributed by atoms with Crippen LogP contribution in [0.5, 0.6) is 5.75 Å². The third kappa shape index (κ3) is 4.72. The quantitative estimate of drug-likeness (QED) is 0.883. The molecule has 0 fully saturated rings. The van der Waals surface area contributed by atoms with Crippen LogP contribution in [0, 0.1) is 0 Å². The van der Waals surface area contributed by atoms with Gasteiger partial charge in [-0.05, 0) is 42.0 Å². The third-order valence-corrected chi connectivity index (χ3v) is 3.52. The lowest BCUT2D eigenvalue weighted by atomic mass is 10.1. The predicted molar refractivity (Wildman–Crippen MR) is 89.9 cm³/mol. The Balaban J connectivity index is 1.98. The molecule has 0 heterocycles. The molecule has 23 heavy (non-hydrogen) atoms. The summed E-state index contributed by atoms with van der Waals surface area (Å²) in [4.78, 5) is 23.1. The van der Waals surface area contributed by atoms with E-state index in [1.54, 1.807) is 49.6 Å². The Morgan fingerprint density at radius 3 is 2.39 bits per heavy atom. The fourth-order valence-corrected chi connectivity index (χ4v) is 2.22. The number of amides is 2. The Kier molecular flexibility index (Phi) is 5.60. The van der Waals surface area contributed by atoms with Gasteiger partial charge in [0, 0.05) is 29.7 Å². The highest BCUT2D eigenvalue weighted by atomic mass is 35.5. The van der Waals surface area contributed by atoms with Crippen molar-refractivity contribution in [3.63, 3.8) is 0 Å². The van der Waals surface area contributed by atoms with E-state index in [1.165, 1.54) is 6.92 Å². The largest absolute Gasteiger partial charge is 0.497 e. The lowest BCUT2D eigenvalue weighted by molar-refractivity contribution is -0.114. The maximum atomic E-state index is 12.1. The highest BCUT2D eigenvalue weighted by Gasteiger charge is 2.08. The van der Waals surface area contributed by atoms with Crippen molar-refractivity contribution in [2.45, 2.75) is 13.5 Å². The number of benzene rings is 2. The van der Waals surface area contributed by atoms with Crippen LogP contribution in [0.1, 0.15) is 22.8 Å². The van der Waals surface area contributed by atoms with Crippen molar-refractivity contribution in [2.24, 2.45) is 0 Å². The van der Waals surface area contributed by atoms with E-state index in [0.717, 1.165) is 5.56 Å². The van der Waals surface area contributed by atoms with E-state index in [-0.39, 0.29) is 11.8 Å². The van der Waals surface area contributed by atoms with Gasteiger partial charge in [0.1, 0.15) is 5.75 Å². The topological polar surface area (TPSA) is 67.4 Å². The summed E-state index contributed by atoms with van der Waals surface area (Å²) in [5.74, 6) is 0.293. The van der Waals surface area contributed by atoms with Crippen LogP contribution in [-0.4, -0.2) is 18.9 Å². The molecule has 6 heteroatoms. The molecule has 5 nitrogen and oxygen atoms in total. The molecule has 2 aromatic rings. The van der Waals surface area contributed by atoms with Crippen LogP contribution in [0.3, 0.4) is 0 Å². The fraction of sp³-hybridized carbons (Fsp3) is 0.176. The van der Waals surface area contributed by atoms with Gasteiger partial charge in [0.2, 0.25) is 5.91 Å². The molecule has 0 spiro atoms.